The Kier molecular flexibility index (Phi) is 6.69. The molecule has 2 aromatic carbocycles. The summed E-state index contributed by atoms with van der Waals surface area (Å²) in [5, 5.41) is 3.74. The standard InChI is InChI=1S/C21H17BrN4O3.ClH/c1-2-11-29-20(28)14-8-4-6-10-17(14)23-18-15(22)12-26-19(27)13-7-3-5-9-16(13)24-21(26)25-18;/h3-10,12H,2,11H2,1H3,(H,23,24,25);1H. The predicted molar refractivity (Wildman–Crippen MR) is 114 cm³/mol. The zero-order valence-electron chi connectivity index (χ0n) is 16.0. The minimum atomic E-state index is -0.396. The summed E-state index contributed by atoms with van der Waals surface area (Å²) >= 11 is 3.48. The van der Waals surface area contributed by atoms with Crippen molar-refractivity contribution in [3.05, 3.63) is 75.1 Å². The van der Waals surface area contributed by atoms with E-state index in [2.05, 4.69) is 31.2 Å². The number of nitrogens with zero attached hydrogens (tertiary/aromatic N) is 2. The zero-order chi connectivity index (χ0) is 20.4. The first-order chi connectivity index (χ1) is 14.1. The number of aromatic nitrogens is 3. The lowest BCUT2D eigenvalue weighted by atomic mass is 10.2. The number of para-hydroxylation sites is 2. The highest BCUT2D eigenvalue weighted by molar-refractivity contribution is 9.10. The number of carbonyl (C=O) groups excluding carboxylic acids is 1. The molecule has 0 saturated heterocycles. The molecule has 4 rings (SSSR count). The molecule has 0 aliphatic heterocycles. The number of ether oxygens (including phenoxy) is 1. The average Bonchev–Trinajstić information content (AvgIpc) is 2.74. The lowest BCUT2D eigenvalue weighted by Crippen LogP contribution is -3.00. The molecule has 0 spiro atoms. The fourth-order valence-electron chi connectivity index (χ4n) is 2.97. The average molecular weight is 490 g/mol. The Hall–Kier alpha value is -2.97. The van der Waals surface area contributed by atoms with Crippen molar-refractivity contribution < 1.29 is 26.9 Å². The highest BCUT2D eigenvalue weighted by Gasteiger charge is 2.19. The van der Waals surface area contributed by atoms with Gasteiger partial charge in [-0.2, -0.15) is 4.40 Å². The molecular formula is C21H18BrClN4O3. The van der Waals surface area contributed by atoms with E-state index in [4.69, 9.17) is 4.74 Å². The summed E-state index contributed by atoms with van der Waals surface area (Å²) in [6.45, 7) is 2.30. The number of nitrogens with one attached hydrogen (secondary N) is 2. The van der Waals surface area contributed by atoms with E-state index in [1.807, 2.05) is 19.1 Å². The lowest BCUT2D eigenvalue weighted by molar-refractivity contribution is -0.336. The van der Waals surface area contributed by atoms with Crippen molar-refractivity contribution in [3.8, 4) is 0 Å². The van der Waals surface area contributed by atoms with E-state index in [-0.39, 0.29) is 18.0 Å². The highest BCUT2D eigenvalue weighted by atomic mass is 79.9. The van der Waals surface area contributed by atoms with Crippen LogP contribution < -0.4 is 28.3 Å². The van der Waals surface area contributed by atoms with Gasteiger partial charge in [0.2, 0.25) is 5.82 Å². The molecule has 154 valence electrons. The normalized spacial score (nSPS) is 10.6. The van der Waals surface area contributed by atoms with E-state index < -0.39 is 5.97 Å². The molecule has 0 aliphatic rings. The smallest absolute Gasteiger partial charge is 0.359 e. The Balaban J connectivity index is 0.00000256. The van der Waals surface area contributed by atoms with Gasteiger partial charge >= 0.3 is 17.3 Å². The fraction of sp³-hybridized carbons (Fsp3) is 0.143. The maximum Gasteiger partial charge on any atom is 0.359 e. The summed E-state index contributed by atoms with van der Waals surface area (Å²) in [6, 6.07) is 14.3. The number of hydrogen-bond donors (Lipinski definition) is 1. The van der Waals surface area contributed by atoms with E-state index in [0.717, 1.165) is 6.42 Å². The van der Waals surface area contributed by atoms with Gasteiger partial charge < -0.3 is 17.1 Å². The van der Waals surface area contributed by atoms with E-state index in [9.17, 15) is 9.59 Å². The second-order valence-corrected chi connectivity index (χ2v) is 7.27. The molecule has 2 N–H and O–H groups in total. The molecule has 0 radical (unpaired) electrons. The van der Waals surface area contributed by atoms with Gasteiger partial charge in [-0.25, -0.2) is 9.78 Å². The van der Waals surface area contributed by atoms with Crippen LogP contribution in [0.15, 0.2) is 64.0 Å². The Labute approximate surface area is 186 Å². The van der Waals surface area contributed by atoms with E-state index in [1.165, 1.54) is 4.40 Å². The first kappa shape index (κ1) is 21.7. The number of aromatic amines is 1. The molecule has 30 heavy (non-hydrogen) atoms. The van der Waals surface area contributed by atoms with Crippen molar-refractivity contribution in [2.45, 2.75) is 13.3 Å². The summed E-state index contributed by atoms with van der Waals surface area (Å²) in [7, 11) is 0. The first-order valence-corrected chi connectivity index (χ1v) is 9.94. The first-order valence-electron chi connectivity index (χ1n) is 9.14. The van der Waals surface area contributed by atoms with Gasteiger partial charge in [-0.3, -0.25) is 10.1 Å². The molecule has 0 fully saturated rings. The second kappa shape index (κ2) is 9.23. The maximum absolute atomic E-state index is 12.8. The van der Waals surface area contributed by atoms with Gasteiger partial charge in [0.05, 0.1) is 29.4 Å². The molecule has 0 saturated carbocycles. The summed E-state index contributed by atoms with van der Waals surface area (Å²) in [5.41, 5.74) is 1.44. The van der Waals surface area contributed by atoms with E-state index in [1.54, 1.807) is 42.6 Å². The predicted octanol–water partition coefficient (Wildman–Crippen LogP) is 0.739. The Bertz CT molecular complexity index is 1290. The second-order valence-electron chi connectivity index (χ2n) is 6.41. The number of esters is 1. The molecule has 2 heterocycles. The van der Waals surface area contributed by atoms with Crippen LogP contribution in [0.1, 0.15) is 23.7 Å². The highest BCUT2D eigenvalue weighted by Crippen LogP contribution is 2.24. The fourth-order valence-corrected chi connectivity index (χ4v) is 3.37. The van der Waals surface area contributed by atoms with Gasteiger partial charge in [-0.05, 0) is 46.6 Å². The van der Waals surface area contributed by atoms with Crippen molar-refractivity contribution >= 4 is 50.1 Å². The number of rotatable bonds is 5. The third-order valence-corrected chi connectivity index (χ3v) is 4.97. The molecule has 0 bridgehead atoms. The molecule has 0 atom stereocenters. The monoisotopic (exact) mass is 488 g/mol. The van der Waals surface area contributed by atoms with Gasteiger partial charge in [-0.15, -0.1) is 4.98 Å². The van der Waals surface area contributed by atoms with E-state index in [0.29, 0.717) is 44.8 Å². The third kappa shape index (κ3) is 4.15. The van der Waals surface area contributed by atoms with Crippen LogP contribution in [0, 0.1) is 0 Å². The van der Waals surface area contributed by atoms with Crippen molar-refractivity contribution in [2.75, 3.05) is 11.9 Å². The maximum atomic E-state index is 12.8. The number of hydrogen-bond acceptors (Lipinski definition) is 5. The molecule has 4 aromatic rings. The summed E-state index contributed by atoms with van der Waals surface area (Å²) in [5.74, 6) is 0.542. The van der Waals surface area contributed by atoms with Crippen LogP contribution in [-0.4, -0.2) is 22.0 Å². The topological polar surface area (TPSA) is 86.8 Å². The van der Waals surface area contributed by atoms with Crippen LogP contribution in [-0.2, 0) is 4.74 Å². The van der Waals surface area contributed by atoms with Gasteiger partial charge in [0.1, 0.15) is 9.99 Å². The largest absolute Gasteiger partial charge is 1.00 e. The number of carbonyl (C=O) groups is 1. The number of anilines is 2. The molecular weight excluding hydrogens is 472 g/mol. The van der Waals surface area contributed by atoms with Crippen LogP contribution in [0.4, 0.5) is 11.5 Å². The molecule has 9 heteroatoms. The van der Waals surface area contributed by atoms with Crippen molar-refractivity contribution in [3.63, 3.8) is 0 Å². The Morgan fingerprint density at radius 1 is 1.20 bits per heavy atom. The molecule has 0 unspecified atom stereocenters. The number of benzene rings is 2. The van der Waals surface area contributed by atoms with Crippen LogP contribution in [0.5, 0.6) is 0 Å². The third-order valence-electron chi connectivity index (χ3n) is 4.37. The van der Waals surface area contributed by atoms with Crippen LogP contribution in [0.2, 0.25) is 0 Å². The van der Waals surface area contributed by atoms with Crippen molar-refractivity contribution in [1.82, 2.24) is 9.38 Å². The van der Waals surface area contributed by atoms with Gasteiger partial charge in [0.15, 0.2) is 0 Å². The minimum absolute atomic E-state index is 0. The summed E-state index contributed by atoms with van der Waals surface area (Å²) in [4.78, 5) is 32.8. The number of halogens is 2. The quantitative estimate of drug-likeness (QED) is 0.330. The van der Waals surface area contributed by atoms with Crippen LogP contribution >= 0.6 is 15.9 Å². The molecule has 0 aliphatic carbocycles. The van der Waals surface area contributed by atoms with Gasteiger partial charge in [0, 0.05) is 0 Å². The van der Waals surface area contributed by atoms with Gasteiger partial charge in [-0.1, -0.05) is 31.2 Å². The molecule has 7 nitrogen and oxygen atoms in total. The number of fused-ring (bicyclic) bond motifs is 2. The van der Waals surface area contributed by atoms with Crippen LogP contribution in [0.3, 0.4) is 0 Å². The van der Waals surface area contributed by atoms with E-state index >= 15 is 0 Å². The SMILES string of the molecule is CCCOC(=O)c1ccccc1Nc1[nH+]c2nc3ccccc3c(=O)n2cc1Br.[Cl-]. The van der Waals surface area contributed by atoms with Crippen molar-refractivity contribution in [2.24, 2.45) is 0 Å². The lowest BCUT2D eigenvalue weighted by Gasteiger charge is -2.10. The van der Waals surface area contributed by atoms with Gasteiger partial charge in [0.25, 0.3) is 0 Å². The number of H-pyrrole nitrogens is 1. The minimum Gasteiger partial charge on any atom is -1.00 e. The zero-order valence-corrected chi connectivity index (χ0v) is 18.3. The Morgan fingerprint density at radius 2 is 1.93 bits per heavy atom. The molecule has 0 amide bonds. The van der Waals surface area contributed by atoms with Crippen LogP contribution in [0.25, 0.3) is 16.7 Å². The van der Waals surface area contributed by atoms with Crippen molar-refractivity contribution in [1.29, 1.82) is 0 Å². The summed E-state index contributed by atoms with van der Waals surface area (Å²) < 4.78 is 7.32. The Morgan fingerprint density at radius 3 is 2.73 bits per heavy atom. The summed E-state index contributed by atoms with van der Waals surface area (Å²) in [6.07, 6.45) is 2.40. The molecule has 2 aromatic heterocycles.